The number of carbonyl (C=O) groups excluding carboxylic acids is 1. The number of carbonyl (C=O) groups is 1. The van der Waals surface area contributed by atoms with Gasteiger partial charge in [0.15, 0.2) is 5.13 Å². The van der Waals surface area contributed by atoms with Gasteiger partial charge in [-0.15, -0.1) is 11.3 Å². The summed E-state index contributed by atoms with van der Waals surface area (Å²) in [6.45, 7) is 0.632. The van der Waals surface area contributed by atoms with Gasteiger partial charge in [-0.25, -0.2) is 9.37 Å². The SMILES string of the molecule is CNCCC(=O)Nc1ncc(Cc2cccc(F)c2)s1. The van der Waals surface area contributed by atoms with Crippen LogP contribution < -0.4 is 10.6 Å². The molecule has 0 fully saturated rings. The number of anilines is 1. The van der Waals surface area contributed by atoms with E-state index in [9.17, 15) is 9.18 Å². The van der Waals surface area contributed by atoms with Crippen LogP contribution in [0.5, 0.6) is 0 Å². The van der Waals surface area contributed by atoms with Crippen LogP contribution in [0.15, 0.2) is 30.5 Å². The predicted molar refractivity (Wildman–Crippen MR) is 78.5 cm³/mol. The number of aromatic nitrogens is 1. The zero-order valence-electron chi connectivity index (χ0n) is 11.1. The molecule has 1 heterocycles. The standard InChI is InChI=1S/C14H16FN3OS/c1-16-6-5-13(19)18-14-17-9-12(20-14)8-10-3-2-4-11(15)7-10/h2-4,7,9,16H,5-6,8H2,1H3,(H,17,18,19). The zero-order valence-corrected chi connectivity index (χ0v) is 12.0. The minimum Gasteiger partial charge on any atom is -0.319 e. The van der Waals surface area contributed by atoms with E-state index in [2.05, 4.69) is 15.6 Å². The highest BCUT2D eigenvalue weighted by atomic mass is 32.1. The Kier molecular flexibility index (Phi) is 5.20. The number of thiazole rings is 1. The van der Waals surface area contributed by atoms with Crippen molar-refractivity contribution in [1.82, 2.24) is 10.3 Å². The Morgan fingerprint density at radius 3 is 3.05 bits per heavy atom. The van der Waals surface area contributed by atoms with E-state index >= 15 is 0 Å². The van der Waals surface area contributed by atoms with Crippen LogP contribution in [0.25, 0.3) is 0 Å². The van der Waals surface area contributed by atoms with E-state index in [1.165, 1.54) is 23.5 Å². The second-order valence-corrected chi connectivity index (χ2v) is 5.46. The molecule has 6 heteroatoms. The summed E-state index contributed by atoms with van der Waals surface area (Å²) in [5, 5.41) is 6.24. The molecule has 106 valence electrons. The molecule has 0 radical (unpaired) electrons. The number of rotatable bonds is 6. The second-order valence-electron chi connectivity index (χ2n) is 4.34. The third-order valence-corrected chi connectivity index (χ3v) is 3.58. The Bertz CT molecular complexity index is 585. The third kappa shape index (κ3) is 4.40. The molecule has 4 nitrogen and oxygen atoms in total. The number of hydrogen-bond donors (Lipinski definition) is 2. The lowest BCUT2D eigenvalue weighted by molar-refractivity contribution is -0.116. The van der Waals surface area contributed by atoms with Crippen molar-refractivity contribution in [3.8, 4) is 0 Å². The van der Waals surface area contributed by atoms with Crippen LogP contribution in [0.4, 0.5) is 9.52 Å². The van der Waals surface area contributed by atoms with E-state index < -0.39 is 0 Å². The number of nitrogens with zero attached hydrogens (tertiary/aromatic N) is 1. The van der Waals surface area contributed by atoms with E-state index in [0.29, 0.717) is 24.5 Å². The van der Waals surface area contributed by atoms with Crippen LogP contribution in [0, 0.1) is 5.82 Å². The fourth-order valence-corrected chi connectivity index (χ4v) is 2.58. The molecule has 2 aromatic rings. The fraction of sp³-hybridized carbons (Fsp3) is 0.286. The van der Waals surface area contributed by atoms with Crippen LogP contribution in [-0.4, -0.2) is 24.5 Å². The summed E-state index contributed by atoms with van der Waals surface area (Å²) in [7, 11) is 1.80. The minimum absolute atomic E-state index is 0.0639. The highest BCUT2D eigenvalue weighted by Gasteiger charge is 2.07. The second kappa shape index (κ2) is 7.12. The molecular formula is C14H16FN3OS. The number of nitrogens with one attached hydrogen (secondary N) is 2. The number of hydrogen-bond acceptors (Lipinski definition) is 4. The smallest absolute Gasteiger partial charge is 0.227 e. The summed E-state index contributed by atoms with van der Waals surface area (Å²) in [5.41, 5.74) is 0.890. The maximum absolute atomic E-state index is 13.1. The Morgan fingerprint density at radius 2 is 2.30 bits per heavy atom. The molecule has 0 unspecified atom stereocenters. The van der Waals surface area contributed by atoms with Gasteiger partial charge in [-0.2, -0.15) is 0 Å². The lowest BCUT2D eigenvalue weighted by Crippen LogP contribution is -2.18. The molecule has 20 heavy (non-hydrogen) atoms. The summed E-state index contributed by atoms with van der Waals surface area (Å²) < 4.78 is 13.1. The summed E-state index contributed by atoms with van der Waals surface area (Å²) in [5.74, 6) is -0.307. The zero-order chi connectivity index (χ0) is 14.4. The van der Waals surface area contributed by atoms with Crippen molar-refractivity contribution in [3.63, 3.8) is 0 Å². The first-order valence-electron chi connectivity index (χ1n) is 6.31. The quantitative estimate of drug-likeness (QED) is 0.860. The average molecular weight is 293 g/mol. The summed E-state index contributed by atoms with van der Waals surface area (Å²) in [6.07, 6.45) is 2.74. The lowest BCUT2D eigenvalue weighted by atomic mass is 10.1. The molecule has 2 rings (SSSR count). The van der Waals surface area contributed by atoms with Crippen molar-refractivity contribution >= 4 is 22.4 Å². The van der Waals surface area contributed by atoms with Gasteiger partial charge in [0.25, 0.3) is 0 Å². The largest absolute Gasteiger partial charge is 0.319 e. The molecule has 0 aliphatic carbocycles. The van der Waals surface area contributed by atoms with Crippen molar-refractivity contribution in [1.29, 1.82) is 0 Å². The average Bonchev–Trinajstić information content (AvgIpc) is 2.83. The molecule has 0 bridgehead atoms. The van der Waals surface area contributed by atoms with E-state index in [0.717, 1.165) is 10.4 Å². The molecule has 0 aliphatic rings. The first-order valence-corrected chi connectivity index (χ1v) is 7.12. The normalized spacial score (nSPS) is 10.5. The summed E-state index contributed by atoms with van der Waals surface area (Å²) in [6, 6.07) is 6.48. The van der Waals surface area contributed by atoms with Crippen molar-refractivity contribution < 1.29 is 9.18 Å². The van der Waals surface area contributed by atoms with Crippen LogP contribution >= 0.6 is 11.3 Å². The molecule has 1 aromatic heterocycles. The van der Waals surface area contributed by atoms with E-state index in [1.54, 1.807) is 19.3 Å². The molecule has 0 aliphatic heterocycles. The highest BCUT2D eigenvalue weighted by Crippen LogP contribution is 2.21. The van der Waals surface area contributed by atoms with E-state index in [4.69, 9.17) is 0 Å². The van der Waals surface area contributed by atoms with Crippen LogP contribution in [-0.2, 0) is 11.2 Å². The monoisotopic (exact) mass is 293 g/mol. The van der Waals surface area contributed by atoms with E-state index in [-0.39, 0.29) is 11.7 Å². The minimum atomic E-state index is -0.243. The molecule has 0 spiro atoms. The molecule has 0 atom stereocenters. The summed E-state index contributed by atoms with van der Waals surface area (Å²) >= 11 is 1.41. The Morgan fingerprint density at radius 1 is 1.45 bits per heavy atom. The number of benzene rings is 1. The molecular weight excluding hydrogens is 277 g/mol. The van der Waals surface area contributed by atoms with Crippen LogP contribution in [0.3, 0.4) is 0 Å². The van der Waals surface area contributed by atoms with Gasteiger partial charge >= 0.3 is 0 Å². The van der Waals surface area contributed by atoms with Crippen molar-refractivity contribution in [2.75, 3.05) is 18.9 Å². The first-order chi connectivity index (χ1) is 9.67. The van der Waals surface area contributed by atoms with Gasteiger partial charge in [0, 0.05) is 30.5 Å². The van der Waals surface area contributed by atoms with Gasteiger partial charge < -0.3 is 10.6 Å². The maximum Gasteiger partial charge on any atom is 0.227 e. The Hall–Kier alpha value is -1.79. The first kappa shape index (κ1) is 14.6. The fourth-order valence-electron chi connectivity index (χ4n) is 1.72. The van der Waals surface area contributed by atoms with Crippen LogP contribution in [0.1, 0.15) is 16.9 Å². The molecule has 1 amide bonds. The molecule has 1 aromatic carbocycles. The maximum atomic E-state index is 13.1. The van der Waals surface area contributed by atoms with Gasteiger partial charge in [-0.1, -0.05) is 12.1 Å². The predicted octanol–water partition coefficient (Wildman–Crippen LogP) is 2.42. The van der Waals surface area contributed by atoms with Gasteiger partial charge in [0.1, 0.15) is 5.82 Å². The van der Waals surface area contributed by atoms with Gasteiger partial charge in [0.05, 0.1) is 0 Å². The third-order valence-electron chi connectivity index (χ3n) is 2.67. The Labute approximate surface area is 121 Å². The topological polar surface area (TPSA) is 54.0 Å². The molecule has 2 N–H and O–H groups in total. The van der Waals surface area contributed by atoms with Crippen molar-refractivity contribution in [2.45, 2.75) is 12.8 Å². The van der Waals surface area contributed by atoms with Gasteiger partial charge in [0.2, 0.25) is 5.91 Å². The van der Waals surface area contributed by atoms with Crippen molar-refractivity contribution in [2.24, 2.45) is 0 Å². The Balaban J connectivity index is 1.93. The summed E-state index contributed by atoms with van der Waals surface area (Å²) in [4.78, 5) is 16.7. The highest BCUT2D eigenvalue weighted by molar-refractivity contribution is 7.15. The number of halogens is 1. The van der Waals surface area contributed by atoms with Crippen LogP contribution in [0.2, 0.25) is 0 Å². The molecule has 0 saturated carbocycles. The lowest BCUT2D eigenvalue weighted by Gasteiger charge is -2.00. The van der Waals surface area contributed by atoms with Crippen molar-refractivity contribution in [3.05, 3.63) is 46.7 Å². The molecule has 0 saturated heterocycles. The van der Waals surface area contributed by atoms with E-state index in [1.807, 2.05) is 6.07 Å². The number of amides is 1. The van der Waals surface area contributed by atoms with Gasteiger partial charge in [-0.05, 0) is 24.7 Å². The van der Waals surface area contributed by atoms with Gasteiger partial charge in [-0.3, -0.25) is 4.79 Å².